The molecule has 1 aromatic heterocycles. The van der Waals surface area contributed by atoms with Gasteiger partial charge in [-0.15, -0.1) is 11.3 Å². The third-order valence-corrected chi connectivity index (χ3v) is 3.81. The minimum absolute atomic E-state index is 0.0205. The molecule has 0 amide bonds. The summed E-state index contributed by atoms with van der Waals surface area (Å²) in [6.07, 6.45) is 0.853. The van der Waals surface area contributed by atoms with Crippen molar-refractivity contribution in [2.75, 3.05) is 11.9 Å². The number of ether oxygens (including phenoxy) is 1. The van der Waals surface area contributed by atoms with Crippen LogP contribution >= 0.6 is 11.3 Å². The van der Waals surface area contributed by atoms with Crippen molar-refractivity contribution in [2.24, 2.45) is 0 Å². The van der Waals surface area contributed by atoms with E-state index in [1.165, 1.54) is 12.1 Å². The van der Waals surface area contributed by atoms with Gasteiger partial charge in [-0.3, -0.25) is 10.1 Å². The number of nitro benzene ring substituents is 1. The second kappa shape index (κ2) is 7.03. The average molecular weight is 307 g/mol. The van der Waals surface area contributed by atoms with Crippen LogP contribution in [-0.2, 0) is 6.54 Å². The summed E-state index contributed by atoms with van der Waals surface area (Å²) in [6, 6.07) is 4.73. The summed E-state index contributed by atoms with van der Waals surface area (Å²) >= 11 is 1.56. The number of hydrogen-bond donors (Lipinski definition) is 1. The quantitative estimate of drug-likeness (QED) is 0.622. The summed E-state index contributed by atoms with van der Waals surface area (Å²) in [5.41, 5.74) is 3.45. The molecule has 0 unspecified atom stereocenters. The molecule has 0 atom stereocenters. The maximum Gasteiger partial charge on any atom is 0.275 e. The van der Waals surface area contributed by atoms with Crippen LogP contribution in [0, 0.1) is 17.0 Å². The molecule has 0 spiro atoms. The van der Waals surface area contributed by atoms with Gasteiger partial charge in [0.05, 0.1) is 35.3 Å². The molecule has 0 aliphatic carbocycles. The molecular formula is C14H17N3O3S. The van der Waals surface area contributed by atoms with Crippen LogP contribution in [0.1, 0.15) is 23.9 Å². The first-order chi connectivity index (χ1) is 10.1. The van der Waals surface area contributed by atoms with Crippen LogP contribution in [0.25, 0.3) is 0 Å². The molecule has 0 aliphatic heterocycles. The fourth-order valence-electron chi connectivity index (χ4n) is 1.77. The molecule has 6 nitrogen and oxygen atoms in total. The predicted molar refractivity (Wildman–Crippen MR) is 83.1 cm³/mol. The van der Waals surface area contributed by atoms with Gasteiger partial charge in [0.15, 0.2) is 0 Å². The minimum Gasteiger partial charge on any atom is -0.493 e. The Balaban J connectivity index is 2.15. The van der Waals surface area contributed by atoms with Gasteiger partial charge >= 0.3 is 0 Å². The number of benzene rings is 1. The Kier molecular flexibility index (Phi) is 5.10. The lowest BCUT2D eigenvalue weighted by molar-refractivity contribution is -0.384. The summed E-state index contributed by atoms with van der Waals surface area (Å²) in [5, 5.41) is 14.2. The summed E-state index contributed by atoms with van der Waals surface area (Å²) in [4.78, 5) is 15.9. The monoisotopic (exact) mass is 307 g/mol. The van der Waals surface area contributed by atoms with E-state index < -0.39 is 4.92 Å². The molecule has 0 aliphatic rings. The Morgan fingerprint density at radius 2 is 2.24 bits per heavy atom. The van der Waals surface area contributed by atoms with E-state index in [2.05, 4.69) is 10.3 Å². The molecule has 2 rings (SSSR count). The predicted octanol–water partition coefficient (Wildman–Crippen LogP) is 3.76. The zero-order valence-electron chi connectivity index (χ0n) is 12.0. The van der Waals surface area contributed by atoms with Crippen LogP contribution in [0.4, 0.5) is 11.4 Å². The maximum atomic E-state index is 11.0. The Labute approximate surface area is 126 Å². The number of anilines is 1. The lowest BCUT2D eigenvalue weighted by Gasteiger charge is -2.09. The van der Waals surface area contributed by atoms with Gasteiger partial charge in [0.25, 0.3) is 5.69 Å². The second-order valence-electron chi connectivity index (χ2n) is 4.54. The molecule has 1 N–H and O–H groups in total. The van der Waals surface area contributed by atoms with Crippen molar-refractivity contribution >= 4 is 22.7 Å². The van der Waals surface area contributed by atoms with Crippen LogP contribution < -0.4 is 10.1 Å². The van der Waals surface area contributed by atoms with Crippen LogP contribution in [0.3, 0.4) is 0 Å². The Morgan fingerprint density at radius 3 is 2.86 bits per heavy atom. The molecule has 7 heteroatoms. The van der Waals surface area contributed by atoms with E-state index in [4.69, 9.17) is 4.74 Å². The Bertz CT molecular complexity index is 628. The zero-order chi connectivity index (χ0) is 15.2. The van der Waals surface area contributed by atoms with Crippen LogP contribution in [-0.4, -0.2) is 16.5 Å². The highest BCUT2D eigenvalue weighted by Crippen LogP contribution is 2.27. The molecule has 1 aromatic carbocycles. The van der Waals surface area contributed by atoms with Crippen molar-refractivity contribution in [2.45, 2.75) is 26.8 Å². The molecule has 0 saturated carbocycles. The van der Waals surface area contributed by atoms with Gasteiger partial charge in [0.1, 0.15) is 5.75 Å². The highest BCUT2D eigenvalue weighted by atomic mass is 32.1. The van der Waals surface area contributed by atoms with Crippen molar-refractivity contribution in [3.8, 4) is 5.75 Å². The van der Waals surface area contributed by atoms with E-state index in [0.717, 1.165) is 17.0 Å². The van der Waals surface area contributed by atoms with E-state index in [9.17, 15) is 10.1 Å². The summed E-state index contributed by atoms with van der Waals surface area (Å²) in [6.45, 7) is 5.05. The number of hydrogen-bond acceptors (Lipinski definition) is 6. The summed E-state index contributed by atoms with van der Waals surface area (Å²) in [5.74, 6) is 0.509. The molecule has 0 fully saturated rings. The van der Waals surface area contributed by atoms with Crippen LogP contribution in [0.15, 0.2) is 23.7 Å². The number of rotatable bonds is 7. The molecule has 21 heavy (non-hydrogen) atoms. The number of thiazole rings is 1. The normalized spacial score (nSPS) is 10.4. The van der Waals surface area contributed by atoms with Crippen molar-refractivity contribution in [3.05, 3.63) is 44.4 Å². The lowest BCUT2D eigenvalue weighted by Crippen LogP contribution is -2.02. The number of non-ortho nitro benzene ring substituents is 1. The molecule has 2 aromatic rings. The van der Waals surface area contributed by atoms with Crippen molar-refractivity contribution in [1.82, 2.24) is 4.98 Å². The largest absolute Gasteiger partial charge is 0.493 e. The SMILES string of the molecule is CCCOc1cc(NCc2scnc2C)cc([N+](=O)[O-])c1. The summed E-state index contributed by atoms with van der Waals surface area (Å²) < 4.78 is 5.49. The molecule has 112 valence electrons. The van der Waals surface area contributed by atoms with Crippen molar-refractivity contribution in [3.63, 3.8) is 0 Å². The first-order valence-electron chi connectivity index (χ1n) is 6.65. The smallest absolute Gasteiger partial charge is 0.275 e. The number of aromatic nitrogens is 1. The third kappa shape index (κ3) is 4.16. The summed E-state index contributed by atoms with van der Waals surface area (Å²) in [7, 11) is 0. The molecule has 0 saturated heterocycles. The van der Waals surface area contributed by atoms with E-state index in [0.29, 0.717) is 24.6 Å². The lowest BCUT2D eigenvalue weighted by atomic mass is 10.2. The third-order valence-electron chi connectivity index (χ3n) is 2.87. The number of nitrogens with zero attached hydrogens (tertiary/aromatic N) is 2. The van der Waals surface area contributed by atoms with Gasteiger partial charge < -0.3 is 10.1 Å². The molecule has 1 heterocycles. The minimum atomic E-state index is -0.415. The van der Waals surface area contributed by atoms with Crippen LogP contribution in [0.2, 0.25) is 0 Å². The standard InChI is InChI=1S/C14H17N3O3S/c1-3-4-20-13-6-11(5-12(7-13)17(18)19)15-8-14-10(2)16-9-21-14/h5-7,9,15H,3-4,8H2,1-2H3. The van der Waals surface area contributed by atoms with Gasteiger partial charge in [-0.25, -0.2) is 4.98 Å². The average Bonchev–Trinajstić information content (AvgIpc) is 2.88. The van der Waals surface area contributed by atoms with Gasteiger partial charge in [-0.05, 0) is 13.3 Å². The van der Waals surface area contributed by atoms with Gasteiger partial charge in [0.2, 0.25) is 0 Å². The van der Waals surface area contributed by atoms with E-state index in [-0.39, 0.29) is 5.69 Å². The second-order valence-corrected chi connectivity index (χ2v) is 5.47. The highest BCUT2D eigenvalue weighted by Gasteiger charge is 2.11. The zero-order valence-corrected chi connectivity index (χ0v) is 12.8. The first-order valence-corrected chi connectivity index (χ1v) is 7.53. The van der Waals surface area contributed by atoms with E-state index in [1.807, 2.05) is 13.8 Å². The van der Waals surface area contributed by atoms with Gasteiger partial charge in [-0.1, -0.05) is 6.92 Å². The number of nitrogens with one attached hydrogen (secondary N) is 1. The number of aryl methyl sites for hydroxylation is 1. The van der Waals surface area contributed by atoms with Gasteiger partial charge in [0, 0.05) is 22.7 Å². The maximum absolute atomic E-state index is 11.0. The van der Waals surface area contributed by atoms with E-state index >= 15 is 0 Å². The fraction of sp³-hybridized carbons (Fsp3) is 0.357. The van der Waals surface area contributed by atoms with Gasteiger partial charge in [-0.2, -0.15) is 0 Å². The van der Waals surface area contributed by atoms with E-state index in [1.54, 1.807) is 22.9 Å². The van der Waals surface area contributed by atoms with Crippen LogP contribution in [0.5, 0.6) is 5.75 Å². The molecular weight excluding hydrogens is 290 g/mol. The Hall–Kier alpha value is -2.15. The molecule has 0 radical (unpaired) electrons. The molecule has 0 bridgehead atoms. The Morgan fingerprint density at radius 1 is 1.43 bits per heavy atom. The fourth-order valence-corrected chi connectivity index (χ4v) is 2.49. The first kappa shape index (κ1) is 15.2. The number of nitro groups is 1. The topological polar surface area (TPSA) is 77.3 Å². The van der Waals surface area contributed by atoms with Crippen molar-refractivity contribution < 1.29 is 9.66 Å². The highest BCUT2D eigenvalue weighted by molar-refractivity contribution is 7.09. The van der Waals surface area contributed by atoms with Crippen molar-refractivity contribution in [1.29, 1.82) is 0 Å².